The van der Waals surface area contributed by atoms with Crippen molar-refractivity contribution in [1.82, 2.24) is 9.29 Å². The fourth-order valence-electron chi connectivity index (χ4n) is 6.44. The molecule has 0 aromatic carbocycles. The minimum Gasteiger partial charge on any atom is -0.263 e. The molecule has 0 atom stereocenters. The third-order valence-electron chi connectivity index (χ3n) is 7.22. The van der Waals surface area contributed by atoms with Gasteiger partial charge in [0.25, 0.3) is 0 Å². The summed E-state index contributed by atoms with van der Waals surface area (Å²) in [4.78, 5) is 4.38. The van der Waals surface area contributed by atoms with Gasteiger partial charge in [-0.2, -0.15) is 4.31 Å². The number of nitrogens with zero attached hydrogens (tertiary/aromatic N) is 2. The Hall–Kier alpha value is -0.940. The Morgan fingerprint density at radius 3 is 2.24 bits per heavy atom. The molecule has 5 saturated carbocycles. The van der Waals surface area contributed by atoms with Crippen molar-refractivity contribution >= 4 is 10.0 Å². The summed E-state index contributed by atoms with van der Waals surface area (Å²) < 4.78 is 28.0. The van der Waals surface area contributed by atoms with E-state index in [9.17, 15) is 8.42 Å². The van der Waals surface area contributed by atoms with Crippen LogP contribution in [0.2, 0.25) is 0 Å². The first-order valence-corrected chi connectivity index (χ1v) is 11.4. The second kappa shape index (κ2) is 5.78. The van der Waals surface area contributed by atoms with E-state index in [1.165, 1.54) is 44.7 Å². The number of rotatable bonds is 6. The van der Waals surface area contributed by atoms with Gasteiger partial charge in [-0.05, 0) is 93.1 Å². The highest BCUT2D eigenvalue weighted by Crippen LogP contribution is 2.61. The minimum atomic E-state index is -3.40. The summed E-state index contributed by atoms with van der Waals surface area (Å²) in [5, 5.41) is 0. The van der Waals surface area contributed by atoms with Crippen molar-refractivity contribution in [1.29, 1.82) is 0 Å². The predicted octanol–water partition coefficient (Wildman–Crippen LogP) is 3.84. The maximum atomic E-state index is 13.1. The Morgan fingerprint density at radius 2 is 1.72 bits per heavy atom. The average molecular weight is 361 g/mol. The molecule has 1 aromatic heterocycles. The van der Waals surface area contributed by atoms with Crippen LogP contribution >= 0.6 is 0 Å². The molecular formula is C20H28N2O2S. The second-order valence-electron chi connectivity index (χ2n) is 9.20. The van der Waals surface area contributed by atoms with E-state index in [0.29, 0.717) is 16.9 Å². The van der Waals surface area contributed by atoms with Crippen LogP contribution in [0.15, 0.2) is 29.4 Å². The van der Waals surface area contributed by atoms with Crippen LogP contribution in [0.25, 0.3) is 0 Å². The Kier molecular flexibility index (Phi) is 3.76. The van der Waals surface area contributed by atoms with Crippen LogP contribution in [0.1, 0.15) is 57.8 Å². The lowest BCUT2D eigenvalue weighted by molar-refractivity contribution is -0.0588. The van der Waals surface area contributed by atoms with E-state index in [0.717, 1.165) is 37.0 Å². The normalized spacial score (nSPS) is 36.9. The number of aromatic nitrogens is 1. The predicted molar refractivity (Wildman–Crippen MR) is 96.4 cm³/mol. The molecule has 6 rings (SSSR count). The standard InChI is InChI=1S/C20H28N2O2S/c23-25(24,19-2-1-6-21-14-19)22(18-3-4-18)7-5-20-11-15-8-16(12-20)10-17(9-15)13-20/h1-2,6,14-18H,3-5,7-13H2. The van der Waals surface area contributed by atoms with Crippen molar-refractivity contribution in [3.05, 3.63) is 24.5 Å². The molecule has 4 nitrogen and oxygen atoms in total. The van der Waals surface area contributed by atoms with Gasteiger partial charge in [0.15, 0.2) is 0 Å². The summed E-state index contributed by atoms with van der Waals surface area (Å²) in [7, 11) is -3.40. The first-order valence-electron chi connectivity index (χ1n) is 9.96. The van der Waals surface area contributed by atoms with Crippen LogP contribution in [-0.2, 0) is 10.0 Å². The van der Waals surface area contributed by atoms with Crippen molar-refractivity contribution in [2.45, 2.75) is 68.7 Å². The monoisotopic (exact) mass is 360 g/mol. The molecule has 0 radical (unpaired) electrons. The number of pyridine rings is 1. The molecule has 0 N–H and O–H groups in total. The lowest BCUT2D eigenvalue weighted by Crippen LogP contribution is -2.47. The van der Waals surface area contributed by atoms with Gasteiger partial charge in [-0.3, -0.25) is 4.98 Å². The van der Waals surface area contributed by atoms with Gasteiger partial charge in [-0.25, -0.2) is 8.42 Å². The summed E-state index contributed by atoms with van der Waals surface area (Å²) in [6, 6.07) is 3.62. The third-order valence-corrected chi connectivity index (χ3v) is 9.16. The molecule has 5 heteroatoms. The zero-order valence-electron chi connectivity index (χ0n) is 14.8. The van der Waals surface area contributed by atoms with Gasteiger partial charge in [-0.15, -0.1) is 0 Å². The molecule has 136 valence electrons. The first-order chi connectivity index (χ1) is 12.0. The Balaban J connectivity index is 1.35. The Bertz CT molecular complexity index is 707. The molecule has 5 aliphatic carbocycles. The quantitative estimate of drug-likeness (QED) is 0.774. The van der Waals surface area contributed by atoms with E-state index >= 15 is 0 Å². The maximum Gasteiger partial charge on any atom is 0.244 e. The molecule has 1 aromatic rings. The van der Waals surface area contributed by atoms with Crippen molar-refractivity contribution in [3.8, 4) is 0 Å². The second-order valence-corrected chi connectivity index (χ2v) is 11.1. The van der Waals surface area contributed by atoms with Crippen LogP contribution in [0.5, 0.6) is 0 Å². The average Bonchev–Trinajstić information content (AvgIpc) is 3.39. The van der Waals surface area contributed by atoms with E-state index in [1.54, 1.807) is 18.3 Å². The fraction of sp³-hybridized carbons (Fsp3) is 0.750. The smallest absolute Gasteiger partial charge is 0.244 e. The van der Waals surface area contributed by atoms with Crippen LogP contribution in [0.4, 0.5) is 0 Å². The van der Waals surface area contributed by atoms with Gasteiger partial charge < -0.3 is 0 Å². The van der Waals surface area contributed by atoms with E-state index in [4.69, 9.17) is 0 Å². The molecule has 0 amide bonds. The first kappa shape index (κ1) is 16.2. The van der Waals surface area contributed by atoms with Crippen molar-refractivity contribution in [2.24, 2.45) is 23.2 Å². The Morgan fingerprint density at radius 1 is 1.08 bits per heavy atom. The summed E-state index contributed by atoms with van der Waals surface area (Å²) in [6.07, 6.45) is 14.6. The topological polar surface area (TPSA) is 50.3 Å². The molecule has 25 heavy (non-hydrogen) atoms. The minimum absolute atomic E-state index is 0.221. The lowest BCUT2D eigenvalue weighted by atomic mass is 9.49. The molecule has 5 fully saturated rings. The summed E-state index contributed by atoms with van der Waals surface area (Å²) >= 11 is 0. The third kappa shape index (κ3) is 2.93. The molecule has 5 aliphatic rings. The number of sulfonamides is 1. The van der Waals surface area contributed by atoms with Gasteiger partial charge in [0.05, 0.1) is 0 Å². The maximum absolute atomic E-state index is 13.1. The fourth-order valence-corrected chi connectivity index (χ4v) is 8.09. The highest BCUT2D eigenvalue weighted by Gasteiger charge is 2.51. The van der Waals surface area contributed by atoms with E-state index in [-0.39, 0.29) is 6.04 Å². The van der Waals surface area contributed by atoms with Crippen molar-refractivity contribution in [2.75, 3.05) is 6.54 Å². The number of hydrogen-bond donors (Lipinski definition) is 0. The van der Waals surface area contributed by atoms with Gasteiger partial charge in [0, 0.05) is 25.0 Å². The van der Waals surface area contributed by atoms with Gasteiger partial charge in [-0.1, -0.05) is 0 Å². The molecule has 0 saturated heterocycles. The van der Waals surface area contributed by atoms with Crippen LogP contribution < -0.4 is 0 Å². The number of hydrogen-bond acceptors (Lipinski definition) is 3. The van der Waals surface area contributed by atoms with Crippen molar-refractivity contribution < 1.29 is 8.42 Å². The van der Waals surface area contributed by atoms with E-state index in [2.05, 4.69) is 4.98 Å². The SMILES string of the molecule is O=S(=O)(c1cccnc1)N(CCC12CC3CC(CC(C3)C1)C2)C1CC1. The van der Waals surface area contributed by atoms with Crippen LogP contribution in [0, 0.1) is 23.2 Å². The molecular weight excluding hydrogens is 332 g/mol. The molecule has 4 bridgehead atoms. The van der Waals surface area contributed by atoms with Gasteiger partial charge in [0.1, 0.15) is 4.90 Å². The Labute approximate surface area is 151 Å². The van der Waals surface area contributed by atoms with Gasteiger partial charge >= 0.3 is 0 Å². The van der Waals surface area contributed by atoms with Gasteiger partial charge in [0.2, 0.25) is 10.0 Å². The summed E-state index contributed by atoms with van der Waals surface area (Å²) in [6.45, 7) is 0.702. The largest absolute Gasteiger partial charge is 0.263 e. The highest BCUT2D eigenvalue weighted by atomic mass is 32.2. The van der Waals surface area contributed by atoms with Crippen molar-refractivity contribution in [3.63, 3.8) is 0 Å². The van der Waals surface area contributed by atoms with Crippen LogP contribution in [-0.4, -0.2) is 30.3 Å². The molecule has 1 heterocycles. The molecule has 0 spiro atoms. The lowest BCUT2D eigenvalue weighted by Gasteiger charge is -2.57. The summed E-state index contributed by atoms with van der Waals surface area (Å²) in [5.41, 5.74) is 0.437. The summed E-state index contributed by atoms with van der Waals surface area (Å²) in [5.74, 6) is 2.78. The van der Waals surface area contributed by atoms with Crippen LogP contribution in [0.3, 0.4) is 0 Å². The van der Waals surface area contributed by atoms with E-state index < -0.39 is 10.0 Å². The zero-order valence-corrected chi connectivity index (χ0v) is 15.6. The zero-order chi connectivity index (χ0) is 17.1. The van der Waals surface area contributed by atoms with E-state index in [1.807, 2.05) is 4.31 Å². The molecule has 0 aliphatic heterocycles. The highest BCUT2D eigenvalue weighted by molar-refractivity contribution is 7.89. The molecule has 0 unspecified atom stereocenters.